The maximum Gasteiger partial charge on any atom is 0.191 e. The number of thiazole rings is 1. The molecule has 2 N–H and O–H groups in total. The quantitative estimate of drug-likeness (QED) is 0.520. The van der Waals surface area contributed by atoms with Crippen molar-refractivity contribution in [1.29, 1.82) is 0 Å². The zero-order chi connectivity index (χ0) is 19.8. The fourth-order valence-electron chi connectivity index (χ4n) is 3.14. The third-order valence-corrected chi connectivity index (χ3v) is 5.54. The van der Waals surface area contributed by atoms with E-state index in [1.165, 1.54) is 18.9 Å². The molecule has 0 amide bonds. The Bertz CT molecular complexity index is 787. The average molecular weight is 408 g/mol. The van der Waals surface area contributed by atoms with Crippen LogP contribution in [0, 0.1) is 11.6 Å². The van der Waals surface area contributed by atoms with Gasteiger partial charge in [0.15, 0.2) is 11.1 Å². The van der Waals surface area contributed by atoms with Crippen LogP contribution in [-0.2, 0) is 12.8 Å². The van der Waals surface area contributed by atoms with Crippen molar-refractivity contribution in [3.63, 3.8) is 0 Å². The van der Waals surface area contributed by atoms with Gasteiger partial charge in [-0.3, -0.25) is 4.99 Å². The number of hydrogen-bond donors (Lipinski definition) is 2. The molecule has 3 rings (SSSR count). The molecule has 0 bridgehead atoms. The van der Waals surface area contributed by atoms with E-state index in [1.807, 2.05) is 6.92 Å². The van der Waals surface area contributed by atoms with Crippen LogP contribution in [0.15, 0.2) is 28.6 Å². The fourth-order valence-corrected chi connectivity index (χ4v) is 4.05. The molecule has 152 valence electrons. The van der Waals surface area contributed by atoms with Gasteiger partial charge in [-0.2, -0.15) is 0 Å². The standard InChI is InChI=1S/C20H27F2N5S/c1-2-23-19(24-9-7-15-13-16(21)5-6-18(15)22)25-10-8-17-14-28-20(26-17)27-11-3-4-12-27/h5-6,13-14H,2-4,7-12H2,1H3,(H2,23,24,25). The lowest BCUT2D eigenvalue weighted by Gasteiger charge is -2.12. The highest BCUT2D eigenvalue weighted by Gasteiger charge is 2.15. The Morgan fingerprint density at radius 3 is 2.82 bits per heavy atom. The molecule has 1 saturated heterocycles. The lowest BCUT2D eigenvalue weighted by molar-refractivity contribution is 0.583. The molecule has 28 heavy (non-hydrogen) atoms. The molecule has 8 heteroatoms. The Labute approximate surface area is 168 Å². The number of benzene rings is 1. The monoisotopic (exact) mass is 407 g/mol. The largest absolute Gasteiger partial charge is 0.357 e. The number of aliphatic imine (C=N–C) groups is 1. The van der Waals surface area contributed by atoms with E-state index < -0.39 is 5.82 Å². The van der Waals surface area contributed by atoms with E-state index in [9.17, 15) is 8.78 Å². The molecule has 0 radical (unpaired) electrons. The predicted molar refractivity (Wildman–Crippen MR) is 111 cm³/mol. The summed E-state index contributed by atoms with van der Waals surface area (Å²) >= 11 is 1.70. The van der Waals surface area contributed by atoms with Gasteiger partial charge in [-0.15, -0.1) is 11.3 Å². The maximum atomic E-state index is 13.7. The van der Waals surface area contributed by atoms with Crippen molar-refractivity contribution in [2.75, 3.05) is 37.6 Å². The Hall–Kier alpha value is -2.22. The van der Waals surface area contributed by atoms with Crippen LogP contribution in [0.1, 0.15) is 31.0 Å². The second-order valence-electron chi connectivity index (χ2n) is 6.74. The molecule has 5 nitrogen and oxygen atoms in total. The SMILES string of the molecule is CCNC(=NCCc1csc(N2CCCC2)n1)NCCc1cc(F)ccc1F. The normalized spacial score (nSPS) is 14.5. The van der Waals surface area contributed by atoms with E-state index in [0.29, 0.717) is 31.0 Å². The molecule has 1 aliphatic heterocycles. The van der Waals surface area contributed by atoms with E-state index in [1.54, 1.807) is 11.3 Å². The Morgan fingerprint density at radius 1 is 1.21 bits per heavy atom. The number of aromatic nitrogens is 1. The molecule has 0 aliphatic carbocycles. The third-order valence-electron chi connectivity index (χ3n) is 4.59. The van der Waals surface area contributed by atoms with E-state index in [0.717, 1.165) is 49.0 Å². The first-order valence-electron chi connectivity index (χ1n) is 9.81. The van der Waals surface area contributed by atoms with E-state index >= 15 is 0 Å². The van der Waals surface area contributed by atoms with Gasteiger partial charge in [0.25, 0.3) is 0 Å². The molecule has 1 aromatic heterocycles. The van der Waals surface area contributed by atoms with Crippen molar-refractivity contribution in [1.82, 2.24) is 15.6 Å². The van der Waals surface area contributed by atoms with Crippen LogP contribution in [-0.4, -0.2) is 43.7 Å². The molecule has 0 saturated carbocycles. The number of guanidine groups is 1. The first kappa shape index (κ1) is 20.5. The number of rotatable bonds is 8. The number of hydrogen-bond acceptors (Lipinski definition) is 4. The first-order chi connectivity index (χ1) is 13.7. The lowest BCUT2D eigenvalue weighted by Crippen LogP contribution is -2.38. The highest BCUT2D eigenvalue weighted by Crippen LogP contribution is 2.24. The second-order valence-corrected chi connectivity index (χ2v) is 7.58. The minimum absolute atomic E-state index is 0.361. The number of halogens is 2. The van der Waals surface area contributed by atoms with E-state index in [4.69, 9.17) is 4.98 Å². The summed E-state index contributed by atoms with van der Waals surface area (Å²) in [5.41, 5.74) is 1.42. The lowest BCUT2D eigenvalue weighted by atomic mass is 10.1. The minimum atomic E-state index is -0.423. The molecule has 0 unspecified atom stereocenters. The van der Waals surface area contributed by atoms with Crippen LogP contribution in [0.3, 0.4) is 0 Å². The number of nitrogens with zero attached hydrogens (tertiary/aromatic N) is 3. The average Bonchev–Trinajstić information content (AvgIpc) is 3.36. The van der Waals surface area contributed by atoms with Gasteiger partial charge in [-0.25, -0.2) is 13.8 Å². The smallest absolute Gasteiger partial charge is 0.191 e. The number of anilines is 1. The number of nitrogens with one attached hydrogen (secondary N) is 2. The van der Waals surface area contributed by atoms with Gasteiger partial charge >= 0.3 is 0 Å². The van der Waals surface area contributed by atoms with Crippen LogP contribution >= 0.6 is 11.3 Å². The topological polar surface area (TPSA) is 52.6 Å². The van der Waals surface area contributed by atoms with Crippen molar-refractivity contribution in [2.24, 2.45) is 4.99 Å². The predicted octanol–water partition coefficient (Wildman–Crippen LogP) is 3.36. The Morgan fingerprint density at radius 2 is 2.04 bits per heavy atom. The zero-order valence-corrected chi connectivity index (χ0v) is 17.0. The summed E-state index contributed by atoms with van der Waals surface area (Å²) in [4.78, 5) is 11.6. The van der Waals surface area contributed by atoms with Crippen LogP contribution in [0.2, 0.25) is 0 Å². The van der Waals surface area contributed by atoms with Gasteiger partial charge in [-0.05, 0) is 49.9 Å². The molecule has 2 aromatic rings. The summed E-state index contributed by atoms with van der Waals surface area (Å²) in [6.07, 6.45) is 3.66. The van der Waals surface area contributed by atoms with Crippen molar-refractivity contribution in [2.45, 2.75) is 32.6 Å². The van der Waals surface area contributed by atoms with Gasteiger partial charge in [0, 0.05) is 44.5 Å². The summed E-state index contributed by atoms with van der Waals surface area (Å²) in [6.45, 7) is 6.02. The van der Waals surface area contributed by atoms with Crippen LogP contribution in [0.25, 0.3) is 0 Å². The fraction of sp³-hybridized carbons (Fsp3) is 0.500. The highest BCUT2D eigenvalue weighted by molar-refractivity contribution is 7.13. The molecule has 1 fully saturated rings. The molecule has 0 spiro atoms. The molecule has 2 heterocycles. The third kappa shape index (κ3) is 5.89. The Kier molecular flexibility index (Phi) is 7.59. The van der Waals surface area contributed by atoms with Crippen molar-refractivity contribution >= 4 is 22.4 Å². The van der Waals surface area contributed by atoms with Crippen molar-refractivity contribution in [3.8, 4) is 0 Å². The summed E-state index contributed by atoms with van der Waals surface area (Å²) in [6, 6.07) is 3.53. The van der Waals surface area contributed by atoms with Crippen molar-refractivity contribution in [3.05, 3.63) is 46.5 Å². The summed E-state index contributed by atoms with van der Waals surface area (Å²) in [7, 11) is 0. The van der Waals surface area contributed by atoms with E-state index in [2.05, 4.69) is 25.9 Å². The summed E-state index contributed by atoms with van der Waals surface area (Å²) in [5, 5.41) is 9.57. The van der Waals surface area contributed by atoms with Gasteiger partial charge in [0.1, 0.15) is 11.6 Å². The molecule has 0 atom stereocenters. The van der Waals surface area contributed by atoms with Gasteiger partial charge in [-0.1, -0.05) is 0 Å². The molecule has 1 aliphatic rings. The van der Waals surface area contributed by atoms with Gasteiger partial charge < -0.3 is 15.5 Å². The summed E-state index contributed by atoms with van der Waals surface area (Å²) < 4.78 is 26.9. The van der Waals surface area contributed by atoms with Crippen LogP contribution in [0.4, 0.5) is 13.9 Å². The summed E-state index contributed by atoms with van der Waals surface area (Å²) in [5.74, 6) is -0.134. The Balaban J connectivity index is 1.47. The van der Waals surface area contributed by atoms with Gasteiger partial charge in [0.05, 0.1) is 5.69 Å². The molecular formula is C20H27F2N5S. The maximum absolute atomic E-state index is 13.7. The molecular weight excluding hydrogens is 380 g/mol. The van der Waals surface area contributed by atoms with Crippen molar-refractivity contribution < 1.29 is 8.78 Å². The van der Waals surface area contributed by atoms with E-state index in [-0.39, 0.29) is 5.82 Å². The van der Waals surface area contributed by atoms with Crippen LogP contribution < -0.4 is 15.5 Å². The highest BCUT2D eigenvalue weighted by atomic mass is 32.1. The zero-order valence-electron chi connectivity index (χ0n) is 16.2. The van der Waals surface area contributed by atoms with Crippen LogP contribution in [0.5, 0.6) is 0 Å². The minimum Gasteiger partial charge on any atom is -0.357 e. The second kappa shape index (κ2) is 10.4. The first-order valence-corrected chi connectivity index (χ1v) is 10.7. The molecule has 1 aromatic carbocycles. The van der Waals surface area contributed by atoms with Gasteiger partial charge in [0.2, 0.25) is 0 Å².